The number of nitrogens with zero attached hydrogens (tertiary/aromatic N) is 1. The van der Waals surface area contributed by atoms with Gasteiger partial charge in [-0.1, -0.05) is 39.0 Å². The number of anilines is 3. The maximum atomic E-state index is 12.8. The van der Waals surface area contributed by atoms with Crippen LogP contribution in [-0.2, 0) is 14.4 Å². The molecule has 2 N–H and O–H groups in total. The van der Waals surface area contributed by atoms with Crippen molar-refractivity contribution in [3.8, 4) is 5.75 Å². The predicted molar refractivity (Wildman–Crippen MR) is 117 cm³/mol. The van der Waals surface area contributed by atoms with Gasteiger partial charge in [-0.15, -0.1) is 0 Å². The maximum absolute atomic E-state index is 12.8. The molecule has 1 aliphatic rings. The van der Waals surface area contributed by atoms with Gasteiger partial charge in [0.15, 0.2) is 0 Å². The van der Waals surface area contributed by atoms with Gasteiger partial charge in [0.2, 0.25) is 17.7 Å². The highest BCUT2D eigenvalue weighted by Gasteiger charge is 2.36. The van der Waals surface area contributed by atoms with Crippen LogP contribution in [-0.4, -0.2) is 31.4 Å². The number of ether oxygens (including phenoxy) is 1. The van der Waals surface area contributed by atoms with Crippen LogP contribution >= 0.6 is 0 Å². The zero-order valence-corrected chi connectivity index (χ0v) is 17.7. The van der Waals surface area contributed by atoms with Gasteiger partial charge in [-0.3, -0.25) is 14.4 Å². The van der Waals surface area contributed by atoms with Crippen molar-refractivity contribution in [3.63, 3.8) is 0 Å². The molecule has 0 bridgehead atoms. The first kappa shape index (κ1) is 21.4. The third-order valence-electron chi connectivity index (χ3n) is 4.94. The van der Waals surface area contributed by atoms with Crippen LogP contribution in [0.15, 0.2) is 48.5 Å². The standard InChI is InChI=1S/C23H27N3O4/c1-23(2,3)22(29)25-17-9-7-8-16(13-17)24-21(28)15-12-20(27)26(14-15)18-10-5-6-11-19(18)30-4/h5-11,13,15H,12,14H2,1-4H3,(H,24,28)(H,25,29). The molecule has 1 atom stereocenters. The Morgan fingerprint density at radius 1 is 1.03 bits per heavy atom. The van der Waals surface area contributed by atoms with Gasteiger partial charge < -0.3 is 20.3 Å². The molecule has 2 aromatic rings. The van der Waals surface area contributed by atoms with E-state index in [0.29, 0.717) is 22.8 Å². The molecule has 1 unspecified atom stereocenters. The number of carbonyl (C=O) groups excluding carboxylic acids is 3. The van der Waals surface area contributed by atoms with Gasteiger partial charge in [0.05, 0.1) is 18.7 Å². The zero-order valence-electron chi connectivity index (χ0n) is 17.7. The molecule has 158 valence electrons. The lowest BCUT2D eigenvalue weighted by molar-refractivity contribution is -0.123. The molecule has 0 aliphatic carbocycles. The highest BCUT2D eigenvalue weighted by molar-refractivity contribution is 6.04. The Balaban J connectivity index is 1.68. The van der Waals surface area contributed by atoms with E-state index in [1.807, 2.05) is 32.9 Å². The van der Waals surface area contributed by atoms with Crippen LogP contribution in [0, 0.1) is 11.3 Å². The average Bonchev–Trinajstić information content (AvgIpc) is 3.09. The Kier molecular flexibility index (Phi) is 6.10. The van der Waals surface area contributed by atoms with E-state index in [9.17, 15) is 14.4 Å². The van der Waals surface area contributed by atoms with Gasteiger partial charge >= 0.3 is 0 Å². The third kappa shape index (κ3) is 4.79. The lowest BCUT2D eigenvalue weighted by Crippen LogP contribution is -2.28. The lowest BCUT2D eigenvalue weighted by Gasteiger charge is -2.19. The van der Waals surface area contributed by atoms with Gasteiger partial charge in [0.25, 0.3) is 0 Å². The summed E-state index contributed by atoms with van der Waals surface area (Å²) in [5, 5.41) is 5.70. The molecular weight excluding hydrogens is 382 g/mol. The largest absolute Gasteiger partial charge is 0.495 e. The molecule has 1 aliphatic heterocycles. The lowest BCUT2D eigenvalue weighted by atomic mass is 9.95. The summed E-state index contributed by atoms with van der Waals surface area (Å²) >= 11 is 0. The molecular formula is C23H27N3O4. The number of rotatable bonds is 5. The van der Waals surface area contributed by atoms with E-state index < -0.39 is 11.3 Å². The van der Waals surface area contributed by atoms with Crippen molar-refractivity contribution >= 4 is 34.8 Å². The van der Waals surface area contributed by atoms with Gasteiger partial charge in [-0.2, -0.15) is 0 Å². The second-order valence-corrected chi connectivity index (χ2v) is 8.35. The second-order valence-electron chi connectivity index (χ2n) is 8.35. The molecule has 1 heterocycles. The minimum Gasteiger partial charge on any atom is -0.495 e. The first-order valence-corrected chi connectivity index (χ1v) is 9.85. The molecule has 1 saturated heterocycles. The van der Waals surface area contributed by atoms with Crippen LogP contribution < -0.4 is 20.3 Å². The Morgan fingerprint density at radius 2 is 1.70 bits per heavy atom. The highest BCUT2D eigenvalue weighted by atomic mass is 16.5. The summed E-state index contributed by atoms with van der Waals surface area (Å²) in [4.78, 5) is 39.1. The Morgan fingerprint density at radius 3 is 2.37 bits per heavy atom. The smallest absolute Gasteiger partial charge is 0.229 e. The number of amides is 3. The fraction of sp³-hybridized carbons (Fsp3) is 0.348. The fourth-order valence-electron chi connectivity index (χ4n) is 3.21. The van der Waals surface area contributed by atoms with Crippen LogP contribution in [0.4, 0.5) is 17.1 Å². The van der Waals surface area contributed by atoms with E-state index in [2.05, 4.69) is 10.6 Å². The normalized spacial score (nSPS) is 16.3. The van der Waals surface area contributed by atoms with Crippen LogP contribution in [0.5, 0.6) is 5.75 Å². The summed E-state index contributed by atoms with van der Waals surface area (Å²) in [5.74, 6) is -0.352. The van der Waals surface area contributed by atoms with Crippen LogP contribution in [0.3, 0.4) is 0 Å². The zero-order chi connectivity index (χ0) is 21.9. The summed E-state index contributed by atoms with van der Waals surface area (Å²) in [6, 6.07) is 14.2. The molecule has 0 spiro atoms. The monoisotopic (exact) mass is 409 g/mol. The molecule has 7 nitrogen and oxygen atoms in total. The summed E-state index contributed by atoms with van der Waals surface area (Å²) in [6.45, 7) is 5.78. The van der Waals surface area contributed by atoms with E-state index in [1.165, 1.54) is 0 Å². The average molecular weight is 409 g/mol. The van der Waals surface area contributed by atoms with Crippen molar-refractivity contribution in [2.24, 2.45) is 11.3 Å². The predicted octanol–water partition coefficient (Wildman–Crippen LogP) is 3.67. The summed E-state index contributed by atoms with van der Waals surface area (Å²) in [5.41, 5.74) is 1.30. The van der Waals surface area contributed by atoms with Crippen LogP contribution in [0.2, 0.25) is 0 Å². The first-order chi connectivity index (χ1) is 14.2. The molecule has 3 rings (SSSR count). The summed E-state index contributed by atoms with van der Waals surface area (Å²) < 4.78 is 5.34. The van der Waals surface area contributed by atoms with Gasteiger partial charge in [-0.25, -0.2) is 0 Å². The van der Waals surface area contributed by atoms with Crippen LogP contribution in [0.1, 0.15) is 27.2 Å². The van der Waals surface area contributed by atoms with E-state index in [4.69, 9.17) is 4.74 Å². The van der Waals surface area contributed by atoms with Gasteiger partial charge in [-0.05, 0) is 30.3 Å². The quantitative estimate of drug-likeness (QED) is 0.789. The molecule has 0 saturated carbocycles. The molecule has 0 aromatic heterocycles. The number of carbonyl (C=O) groups is 3. The maximum Gasteiger partial charge on any atom is 0.229 e. The van der Waals surface area contributed by atoms with Crippen molar-refractivity contribution < 1.29 is 19.1 Å². The topological polar surface area (TPSA) is 87.7 Å². The number of benzene rings is 2. The van der Waals surface area contributed by atoms with E-state index in [-0.39, 0.29) is 30.7 Å². The molecule has 1 fully saturated rings. The van der Waals surface area contributed by atoms with Crippen molar-refractivity contribution in [2.75, 3.05) is 29.2 Å². The summed E-state index contributed by atoms with van der Waals surface area (Å²) in [6.07, 6.45) is 0.129. The van der Waals surface area contributed by atoms with Crippen molar-refractivity contribution in [1.29, 1.82) is 0 Å². The van der Waals surface area contributed by atoms with E-state index in [1.54, 1.807) is 48.4 Å². The molecule has 7 heteroatoms. The van der Waals surface area contributed by atoms with Crippen LogP contribution in [0.25, 0.3) is 0 Å². The SMILES string of the molecule is COc1ccccc1N1CC(C(=O)Nc2cccc(NC(=O)C(C)(C)C)c2)CC1=O. The number of nitrogens with one attached hydrogen (secondary N) is 2. The Hall–Kier alpha value is -3.35. The van der Waals surface area contributed by atoms with Gasteiger partial charge in [0.1, 0.15) is 5.75 Å². The van der Waals surface area contributed by atoms with E-state index in [0.717, 1.165) is 0 Å². The second kappa shape index (κ2) is 8.57. The number of hydrogen-bond acceptors (Lipinski definition) is 4. The summed E-state index contributed by atoms with van der Waals surface area (Å²) in [7, 11) is 1.55. The Labute approximate surface area is 176 Å². The van der Waals surface area contributed by atoms with Crippen molar-refractivity contribution in [3.05, 3.63) is 48.5 Å². The number of methoxy groups -OCH3 is 1. The minimum absolute atomic E-state index is 0.111. The van der Waals surface area contributed by atoms with Crippen molar-refractivity contribution in [2.45, 2.75) is 27.2 Å². The first-order valence-electron chi connectivity index (χ1n) is 9.85. The molecule has 30 heavy (non-hydrogen) atoms. The Bertz CT molecular complexity index is 965. The molecule has 3 amide bonds. The number of hydrogen-bond donors (Lipinski definition) is 2. The fourth-order valence-corrected chi connectivity index (χ4v) is 3.21. The molecule has 2 aromatic carbocycles. The van der Waals surface area contributed by atoms with E-state index >= 15 is 0 Å². The third-order valence-corrected chi connectivity index (χ3v) is 4.94. The van der Waals surface area contributed by atoms with Crippen molar-refractivity contribution in [1.82, 2.24) is 0 Å². The molecule has 0 radical (unpaired) electrons. The number of para-hydroxylation sites is 2. The van der Waals surface area contributed by atoms with Gasteiger partial charge in [0, 0.05) is 29.8 Å². The minimum atomic E-state index is -0.522. The highest BCUT2D eigenvalue weighted by Crippen LogP contribution is 2.33.